The fourth-order valence-corrected chi connectivity index (χ4v) is 1.47. The molecule has 0 atom stereocenters. The summed E-state index contributed by atoms with van der Waals surface area (Å²) < 4.78 is 38.6. The van der Waals surface area contributed by atoms with Crippen molar-refractivity contribution >= 4 is 5.82 Å². The van der Waals surface area contributed by atoms with E-state index in [1.54, 1.807) is 12.4 Å². The summed E-state index contributed by atoms with van der Waals surface area (Å²) >= 11 is 0. The van der Waals surface area contributed by atoms with Gasteiger partial charge in [-0.1, -0.05) is 0 Å². The Morgan fingerprint density at radius 3 is 2.78 bits per heavy atom. The van der Waals surface area contributed by atoms with Crippen LogP contribution in [-0.2, 0) is 6.42 Å². The smallest absolute Gasteiger partial charge is 0.251 e. The molecule has 0 fully saturated rings. The Morgan fingerprint density at radius 1 is 1.22 bits per heavy atom. The minimum Gasteiger partial charge on any atom is -0.368 e. The predicted molar refractivity (Wildman–Crippen MR) is 59.5 cm³/mol. The van der Waals surface area contributed by atoms with E-state index in [2.05, 4.69) is 20.3 Å². The van der Waals surface area contributed by atoms with Crippen LogP contribution in [0, 0.1) is 17.6 Å². The average molecular weight is 256 g/mol. The SMILES string of the molecule is Fc1cc(F)c(NCCCc2ncc[nH]2)nc1F. The van der Waals surface area contributed by atoms with E-state index < -0.39 is 17.6 Å². The Morgan fingerprint density at radius 2 is 2.06 bits per heavy atom. The van der Waals surface area contributed by atoms with Crippen molar-refractivity contribution in [2.75, 3.05) is 11.9 Å². The molecule has 0 saturated heterocycles. The van der Waals surface area contributed by atoms with Crippen molar-refractivity contribution in [2.24, 2.45) is 0 Å². The normalized spacial score (nSPS) is 10.6. The van der Waals surface area contributed by atoms with Gasteiger partial charge in [0, 0.05) is 31.4 Å². The second-order valence-electron chi connectivity index (χ2n) is 3.66. The Labute approximate surface area is 101 Å². The van der Waals surface area contributed by atoms with Crippen molar-refractivity contribution in [3.63, 3.8) is 0 Å². The standard InChI is InChI=1S/C11H11F3N4/c12-7-6-8(13)11(18-10(7)14)17-3-1-2-9-15-4-5-16-9/h4-6H,1-3H2,(H,15,16)(H,17,18). The lowest BCUT2D eigenvalue weighted by molar-refractivity contribution is 0.466. The van der Waals surface area contributed by atoms with Gasteiger partial charge >= 0.3 is 0 Å². The maximum atomic E-state index is 13.2. The second-order valence-corrected chi connectivity index (χ2v) is 3.66. The van der Waals surface area contributed by atoms with Crippen LogP contribution in [0.25, 0.3) is 0 Å². The molecule has 0 saturated carbocycles. The zero-order chi connectivity index (χ0) is 13.0. The van der Waals surface area contributed by atoms with E-state index in [0.717, 1.165) is 5.82 Å². The van der Waals surface area contributed by atoms with E-state index >= 15 is 0 Å². The van der Waals surface area contributed by atoms with Crippen LogP contribution in [0.3, 0.4) is 0 Å². The minimum atomic E-state index is -1.31. The van der Waals surface area contributed by atoms with E-state index in [0.29, 0.717) is 25.5 Å². The maximum Gasteiger partial charge on any atom is 0.251 e. The van der Waals surface area contributed by atoms with E-state index in [4.69, 9.17) is 0 Å². The van der Waals surface area contributed by atoms with Crippen LogP contribution >= 0.6 is 0 Å². The number of rotatable bonds is 5. The molecule has 18 heavy (non-hydrogen) atoms. The van der Waals surface area contributed by atoms with Crippen molar-refractivity contribution in [3.05, 3.63) is 41.9 Å². The lowest BCUT2D eigenvalue weighted by Crippen LogP contribution is -2.08. The number of H-pyrrole nitrogens is 1. The molecule has 0 aliphatic rings. The number of nitrogens with zero attached hydrogens (tertiary/aromatic N) is 2. The zero-order valence-electron chi connectivity index (χ0n) is 9.38. The summed E-state index contributed by atoms with van der Waals surface area (Å²) in [4.78, 5) is 10.1. The third-order valence-electron chi connectivity index (χ3n) is 2.32. The molecule has 0 aliphatic heterocycles. The first-order chi connectivity index (χ1) is 8.66. The van der Waals surface area contributed by atoms with Crippen LogP contribution in [0.15, 0.2) is 18.5 Å². The highest BCUT2D eigenvalue weighted by Crippen LogP contribution is 2.14. The summed E-state index contributed by atoms with van der Waals surface area (Å²) in [5, 5.41) is 2.61. The van der Waals surface area contributed by atoms with Gasteiger partial charge in [-0.2, -0.15) is 9.37 Å². The van der Waals surface area contributed by atoms with Crippen LogP contribution < -0.4 is 5.32 Å². The quantitative estimate of drug-likeness (QED) is 0.637. The van der Waals surface area contributed by atoms with Gasteiger partial charge in [0.25, 0.3) is 5.95 Å². The number of pyridine rings is 1. The fraction of sp³-hybridized carbons (Fsp3) is 0.273. The summed E-state index contributed by atoms with van der Waals surface area (Å²) in [5.74, 6) is -2.99. The van der Waals surface area contributed by atoms with Gasteiger partial charge in [0.05, 0.1) is 0 Å². The Bertz CT molecular complexity index is 513. The summed E-state index contributed by atoms with van der Waals surface area (Å²) in [7, 11) is 0. The Hall–Kier alpha value is -2.05. The van der Waals surface area contributed by atoms with Crippen molar-refractivity contribution in [1.82, 2.24) is 15.0 Å². The molecule has 0 aliphatic carbocycles. The number of aromatic amines is 1. The highest BCUT2D eigenvalue weighted by atomic mass is 19.2. The molecule has 2 aromatic rings. The van der Waals surface area contributed by atoms with Gasteiger partial charge in [0.2, 0.25) is 0 Å². The first kappa shape index (κ1) is 12.4. The van der Waals surface area contributed by atoms with Crippen LogP contribution in [0.5, 0.6) is 0 Å². The molecular weight excluding hydrogens is 245 g/mol. The molecule has 0 bridgehead atoms. The average Bonchev–Trinajstić information content (AvgIpc) is 2.84. The Balaban J connectivity index is 1.85. The first-order valence-corrected chi connectivity index (χ1v) is 5.40. The highest BCUT2D eigenvalue weighted by molar-refractivity contribution is 5.35. The van der Waals surface area contributed by atoms with Gasteiger partial charge in [-0.05, 0) is 6.42 Å². The molecule has 96 valence electrons. The molecule has 0 radical (unpaired) electrons. The van der Waals surface area contributed by atoms with Crippen molar-refractivity contribution in [1.29, 1.82) is 0 Å². The largest absolute Gasteiger partial charge is 0.368 e. The maximum absolute atomic E-state index is 13.2. The van der Waals surface area contributed by atoms with E-state index in [9.17, 15) is 13.2 Å². The zero-order valence-corrected chi connectivity index (χ0v) is 9.38. The molecule has 4 nitrogen and oxygen atoms in total. The van der Waals surface area contributed by atoms with E-state index in [1.165, 1.54) is 0 Å². The van der Waals surface area contributed by atoms with Gasteiger partial charge in [-0.25, -0.2) is 13.8 Å². The molecule has 2 N–H and O–H groups in total. The second kappa shape index (κ2) is 5.52. The predicted octanol–water partition coefficient (Wildman–Crippen LogP) is 2.27. The number of hydrogen-bond donors (Lipinski definition) is 2. The number of anilines is 1. The molecule has 0 aromatic carbocycles. The number of aromatic nitrogens is 3. The van der Waals surface area contributed by atoms with Crippen LogP contribution in [-0.4, -0.2) is 21.5 Å². The van der Waals surface area contributed by atoms with Crippen molar-refractivity contribution in [3.8, 4) is 0 Å². The summed E-state index contributed by atoms with van der Waals surface area (Å²) in [6.45, 7) is 0.385. The molecule has 2 aromatic heterocycles. The molecule has 7 heteroatoms. The first-order valence-electron chi connectivity index (χ1n) is 5.40. The third-order valence-corrected chi connectivity index (χ3v) is 2.32. The fourth-order valence-electron chi connectivity index (χ4n) is 1.47. The van der Waals surface area contributed by atoms with Gasteiger partial charge in [-0.3, -0.25) is 0 Å². The van der Waals surface area contributed by atoms with Gasteiger partial charge in [0.15, 0.2) is 17.5 Å². The Kier molecular flexibility index (Phi) is 3.81. The van der Waals surface area contributed by atoms with Crippen molar-refractivity contribution < 1.29 is 13.2 Å². The van der Waals surface area contributed by atoms with Crippen molar-refractivity contribution in [2.45, 2.75) is 12.8 Å². The minimum absolute atomic E-state index is 0.284. The summed E-state index contributed by atoms with van der Waals surface area (Å²) in [6, 6.07) is 0.469. The molecule has 0 amide bonds. The summed E-state index contributed by atoms with van der Waals surface area (Å²) in [5.41, 5.74) is 0. The number of imidazole rings is 1. The van der Waals surface area contributed by atoms with Crippen LogP contribution in [0.2, 0.25) is 0 Å². The molecule has 2 rings (SSSR count). The molecular formula is C11H11F3N4. The van der Waals surface area contributed by atoms with Gasteiger partial charge in [0.1, 0.15) is 5.82 Å². The van der Waals surface area contributed by atoms with Gasteiger partial charge < -0.3 is 10.3 Å². The molecule has 2 heterocycles. The monoisotopic (exact) mass is 256 g/mol. The number of halogens is 3. The van der Waals surface area contributed by atoms with E-state index in [-0.39, 0.29) is 5.82 Å². The topological polar surface area (TPSA) is 53.6 Å². The number of nitrogens with one attached hydrogen (secondary N) is 2. The molecule has 0 spiro atoms. The van der Waals surface area contributed by atoms with Crippen LogP contribution in [0.4, 0.5) is 19.0 Å². The highest BCUT2D eigenvalue weighted by Gasteiger charge is 2.10. The summed E-state index contributed by atoms with van der Waals surface area (Å²) in [6.07, 6.45) is 4.68. The lowest BCUT2D eigenvalue weighted by Gasteiger charge is -2.06. The molecule has 0 unspecified atom stereocenters. The van der Waals surface area contributed by atoms with Crippen LogP contribution in [0.1, 0.15) is 12.2 Å². The number of hydrogen-bond acceptors (Lipinski definition) is 3. The third kappa shape index (κ3) is 2.99. The lowest BCUT2D eigenvalue weighted by atomic mass is 10.3. The van der Waals surface area contributed by atoms with Gasteiger partial charge in [-0.15, -0.1) is 0 Å². The van der Waals surface area contributed by atoms with E-state index in [1.807, 2.05) is 0 Å². The number of aryl methyl sites for hydroxylation is 1.